The second kappa shape index (κ2) is 40.1. The van der Waals surface area contributed by atoms with Crippen LogP contribution in [0.3, 0.4) is 0 Å². The minimum Gasteiger partial charge on any atom is -0.481 e. The van der Waals surface area contributed by atoms with Gasteiger partial charge in [0.25, 0.3) is 0 Å². The van der Waals surface area contributed by atoms with E-state index >= 15 is 0 Å². The quantitative estimate of drug-likeness (QED) is 0.0529. The maximum atomic E-state index is 11.9. The summed E-state index contributed by atoms with van der Waals surface area (Å²) in [5.41, 5.74) is 0. The van der Waals surface area contributed by atoms with Gasteiger partial charge in [0.05, 0.1) is 6.61 Å². The number of hydrogen-bond donors (Lipinski definition) is 1. The zero-order valence-corrected chi connectivity index (χ0v) is 31.2. The van der Waals surface area contributed by atoms with Crippen LogP contribution in [0.2, 0.25) is 0 Å². The molecule has 0 aliphatic rings. The summed E-state index contributed by atoms with van der Waals surface area (Å²) >= 11 is 0. The van der Waals surface area contributed by atoms with Crippen LogP contribution in [0, 0.1) is 0 Å². The van der Waals surface area contributed by atoms with Gasteiger partial charge in [0, 0.05) is 12.8 Å². The molecule has 0 rings (SSSR count). The molecule has 0 aromatic heterocycles. The fourth-order valence-corrected chi connectivity index (χ4v) is 6.64. The lowest BCUT2D eigenvalue weighted by atomic mass is 10.0. The largest absolute Gasteiger partial charge is 0.481 e. The summed E-state index contributed by atoms with van der Waals surface area (Å²) < 4.78 is 5.43. The average Bonchev–Trinajstić information content (AvgIpc) is 3.04. The van der Waals surface area contributed by atoms with Crippen LogP contribution in [0.5, 0.6) is 0 Å². The van der Waals surface area contributed by atoms with Crippen molar-refractivity contribution >= 4 is 11.9 Å². The van der Waals surface area contributed by atoms with Crippen LogP contribution < -0.4 is 0 Å². The third-order valence-electron chi connectivity index (χ3n) is 9.78. The fraction of sp³-hybridized carbons (Fsp3) is 0.952. The summed E-state index contributed by atoms with van der Waals surface area (Å²) in [6, 6.07) is 0. The van der Waals surface area contributed by atoms with Crippen LogP contribution in [0.4, 0.5) is 0 Å². The molecular formula is C42H82O4. The maximum absolute atomic E-state index is 11.9. The van der Waals surface area contributed by atoms with E-state index in [1.165, 1.54) is 205 Å². The Morgan fingerprint density at radius 1 is 0.348 bits per heavy atom. The highest BCUT2D eigenvalue weighted by atomic mass is 16.5. The summed E-state index contributed by atoms with van der Waals surface area (Å²) in [5.74, 6) is -0.636. The number of carboxylic acids is 1. The Kier molecular flexibility index (Phi) is 39.2. The van der Waals surface area contributed by atoms with E-state index in [1.807, 2.05) is 0 Å². The lowest BCUT2D eigenvalue weighted by Gasteiger charge is -2.06. The highest BCUT2D eigenvalue weighted by Crippen LogP contribution is 2.17. The molecule has 46 heavy (non-hydrogen) atoms. The van der Waals surface area contributed by atoms with Crippen molar-refractivity contribution in [3.05, 3.63) is 0 Å². The summed E-state index contributed by atoms with van der Waals surface area (Å²) in [5, 5.41) is 8.65. The standard InChI is InChI=1S/C42H82O4/c1-2-3-4-5-6-26-30-33-36-39-42(45)46-40-37-34-31-28-25-23-21-19-17-15-13-11-9-7-8-10-12-14-16-18-20-22-24-27-29-32-35-38-41(43)44/h2-40H2,1H3,(H,43,44). The molecule has 0 bridgehead atoms. The van der Waals surface area contributed by atoms with Gasteiger partial charge in [-0.15, -0.1) is 0 Å². The second-order valence-corrected chi connectivity index (χ2v) is 14.5. The van der Waals surface area contributed by atoms with Gasteiger partial charge < -0.3 is 9.84 Å². The molecular weight excluding hydrogens is 568 g/mol. The third-order valence-corrected chi connectivity index (χ3v) is 9.78. The van der Waals surface area contributed by atoms with Crippen LogP contribution in [0.1, 0.15) is 251 Å². The van der Waals surface area contributed by atoms with E-state index in [0.717, 1.165) is 25.7 Å². The Balaban J connectivity index is 3.11. The highest BCUT2D eigenvalue weighted by Gasteiger charge is 2.03. The predicted octanol–water partition coefficient (Wildman–Crippen LogP) is 14.5. The van der Waals surface area contributed by atoms with Crippen molar-refractivity contribution in [1.82, 2.24) is 0 Å². The van der Waals surface area contributed by atoms with E-state index in [-0.39, 0.29) is 5.97 Å². The lowest BCUT2D eigenvalue weighted by Crippen LogP contribution is -2.05. The van der Waals surface area contributed by atoms with Crippen molar-refractivity contribution in [3.63, 3.8) is 0 Å². The first-order chi connectivity index (χ1) is 22.7. The maximum Gasteiger partial charge on any atom is 0.305 e. The van der Waals surface area contributed by atoms with Gasteiger partial charge in [0.15, 0.2) is 0 Å². The molecule has 0 aliphatic carbocycles. The normalized spacial score (nSPS) is 11.3. The molecule has 0 saturated heterocycles. The van der Waals surface area contributed by atoms with Crippen molar-refractivity contribution in [2.75, 3.05) is 6.61 Å². The molecule has 274 valence electrons. The number of hydrogen-bond acceptors (Lipinski definition) is 3. The van der Waals surface area contributed by atoms with Gasteiger partial charge in [-0.1, -0.05) is 219 Å². The molecule has 4 nitrogen and oxygen atoms in total. The van der Waals surface area contributed by atoms with Gasteiger partial charge in [0.1, 0.15) is 0 Å². The number of carbonyl (C=O) groups excluding carboxylic acids is 1. The van der Waals surface area contributed by atoms with Crippen LogP contribution >= 0.6 is 0 Å². The molecule has 0 spiro atoms. The molecule has 4 heteroatoms. The Bertz CT molecular complexity index is 604. The first kappa shape index (κ1) is 44.9. The van der Waals surface area contributed by atoms with E-state index < -0.39 is 5.97 Å². The molecule has 0 saturated carbocycles. The minimum absolute atomic E-state index is 0.0173. The van der Waals surface area contributed by atoms with Crippen molar-refractivity contribution in [3.8, 4) is 0 Å². The number of ether oxygens (including phenoxy) is 1. The number of rotatable bonds is 40. The molecule has 1 N–H and O–H groups in total. The highest BCUT2D eigenvalue weighted by molar-refractivity contribution is 5.69. The van der Waals surface area contributed by atoms with E-state index in [4.69, 9.17) is 9.84 Å². The lowest BCUT2D eigenvalue weighted by molar-refractivity contribution is -0.144. The van der Waals surface area contributed by atoms with Crippen molar-refractivity contribution < 1.29 is 19.4 Å². The molecule has 0 fully saturated rings. The Morgan fingerprint density at radius 3 is 0.870 bits per heavy atom. The van der Waals surface area contributed by atoms with Crippen LogP contribution in [0.25, 0.3) is 0 Å². The predicted molar refractivity (Wildman–Crippen MR) is 200 cm³/mol. The molecule has 0 aliphatic heterocycles. The monoisotopic (exact) mass is 651 g/mol. The van der Waals surface area contributed by atoms with Crippen molar-refractivity contribution in [1.29, 1.82) is 0 Å². The third kappa shape index (κ3) is 41.0. The van der Waals surface area contributed by atoms with Gasteiger partial charge in [-0.05, 0) is 19.3 Å². The number of carboxylic acid groups (broad SMARTS) is 1. The molecule has 0 amide bonds. The Morgan fingerprint density at radius 2 is 0.587 bits per heavy atom. The molecule has 0 heterocycles. The number of carbonyl (C=O) groups is 2. The number of esters is 1. The smallest absolute Gasteiger partial charge is 0.305 e. The fourth-order valence-electron chi connectivity index (χ4n) is 6.64. The van der Waals surface area contributed by atoms with Gasteiger partial charge in [-0.25, -0.2) is 0 Å². The van der Waals surface area contributed by atoms with Gasteiger partial charge in [0.2, 0.25) is 0 Å². The van der Waals surface area contributed by atoms with Crippen LogP contribution in [0.15, 0.2) is 0 Å². The SMILES string of the molecule is CCCCCCCCCCCC(=O)OCCCCCCCCCCCCCCCCCCCCCCCCCCCCCC(=O)O. The first-order valence-corrected chi connectivity index (χ1v) is 21.0. The van der Waals surface area contributed by atoms with Crippen molar-refractivity contribution in [2.24, 2.45) is 0 Å². The zero-order chi connectivity index (χ0) is 33.4. The molecule has 0 radical (unpaired) electrons. The molecule has 0 atom stereocenters. The number of unbranched alkanes of at least 4 members (excludes halogenated alkanes) is 34. The van der Waals surface area contributed by atoms with Gasteiger partial charge in [-0.3, -0.25) is 9.59 Å². The molecule has 0 aromatic carbocycles. The first-order valence-electron chi connectivity index (χ1n) is 21.0. The van der Waals surface area contributed by atoms with Crippen LogP contribution in [-0.4, -0.2) is 23.7 Å². The van der Waals surface area contributed by atoms with E-state index in [2.05, 4.69) is 6.92 Å². The second-order valence-electron chi connectivity index (χ2n) is 14.5. The minimum atomic E-state index is -0.654. The van der Waals surface area contributed by atoms with Gasteiger partial charge in [-0.2, -0.15) is 0 Å². The molecule has 0 unspecified atom stereocenters. The molecule has 0 aromatic rings. The summed E-state index contributed by atoms with van der Waals surface area (Å²) in [4.78, 5) is 22.4. The zero-order valence-electron chi connectivity index (χ0n) is 31.2. The summed E-state index contributed by atoms with van der Waals surface area (Å²) in [7, 11) is 0. The Hall–Kier alpha value is -1.06. The topological polar surface area (TPSA) is 63.6 Å². The number of aliphatic carboxylic acids is 1. The Labute approximate surface area is 288 Å². The summed E-state index contributed by atoms with van der Waals surface area (Å²) in [6.45, 7) is 2.89. The van der Waals surface area contributed by atoms with E-state index in [1.54, 1.807) is 0 Å². The van der Waals surface area contributed by atoms with Crippen molar-refractivity contribution in [2.45, 2.75) is 251 Å². The summed E-state index contributed by atoms with van der Waals surface area (Å²) in [6.07, 6.45) is 48.6. The average molecular weight is 651 g/mol. The van der Waals surface area contributed by atoms with Crippen LogP contribution in [-0.2, 0) is 14.3 Å². The van der Waals surface area contributed by atoms with E-state index in [9.17, 15) is 9.59 Å². The van der Waals surface area contributed by atoms with Gasteiger partial charge >= 0.3 is 11.9 Å². The van der Waals surface area contributed by atoms with E-state index in [0.29, 0.717) is 19.4 Å².